The van der Waals surface area contributed by atoms with E-state index in [-0.39, 0.29) is 17.3 Å². The quantitative estimate of drug-likeness (QED) is 0.609. The summed E-state index contributed by atoms with van der Waals surface area (Å²) in [6, 6.07) is 9.41. The maximum atomic E-state index is 14.1. The van der Waals surface area contributed by atoms with Crippen molar-refractivity contribution in [3.05, 3.63) is 59.6 Å². The van der Waals surface area contributed by atoms with E-state index in [1.165, 1.54) is 12.1 Å². The summed E-state index contributed by atoms with van der Waals surface area (Å²) >= 11 is 1.54. The first kappa shape index (κ1) is 15.3. The lowest BCUT2D eigenvalue weighted by atomic mass is 10.1. The number of hydrogen-bond acceptors (Lipinski definition) is 6. The Balaban J connectivity index is 1.89. The SMILES string of the molecule is Nc1ncc(-c2cccs2)cc1-c1nnnn1-c1cccc(F)c1F. The number of hydrogen-bond donors (Lipinski definition) is 1. The largest absolute Gasteiger partial charge is 0.383 e. The van der Waals surface area contributed by atoms with Crippen molar-refractivity contribution in [2.75, 3.05) is 5.73 Å². The summed E-state index contributed by atoms with van der Waals surface area (Å²) in [4.78, 5) is 5.16. The molecule has 0 aliphatic rings. The summed E-state index contributed by atoms with van der Waals surface area (Å²) in [5, 5.41) is 13.2. The zero-order valence-corrected chi connectivity index (χ0v) is 13.4. The molecule has 9 heteroatoms. The van der Waals surface area contributed by atoms with E-state index in [0.29, 0.717) is 5.56 Å². The van der Waals surface area contributed by atoms with E-state index in [1.54, 1.807) is 23.6 Å². The summed E-state index contributed by atoms with van der Waals surface area (Å²) < 4.78 is 28.8. The lowest BCUT2D eigenvalue weighted by Crippen LogP contribution is -2.06. The van der Waals surface area contributed by atoms with Gasteiger partial charge in [-0.2, -0.15) is 4.68 Å². The number of thiophene rings is 1. The molecular formula is C16H10F2N6S. The van der Waals surface area contributed by atoms with Crippen LogP contribution in [0, 0.1) is 11.6 Å². The van der Waals surface area contributed by atoms with Gasteiger partial charge in [0, 0.05) is 16.6 Å². The van der Waals surface area contributed by atoms with Gasteiger partial charge in [-0.05, 0) is 40.1 Å². The van der Waals surface area contributed by atoms with Crippen LogP contribution < -0.4 is 5.73 Å². The fourth-order valence-corrected chi connectivity index (χ4v) is 3.11. The van der Waals surface area contributed by atoms with E-state index >= 15 is 0 Å². The zero-order chi connectivity index (χ0) is 17.4. The standard InChI is InChI=1S/C16H10F2N6S/c17-11-3-1-4-12(14(11)18)24-16(21-22-23-24)10-7-9(8-20-15(10)19)13-5-2-6-25-13/h1-8H,(H2,19,20). The molecule has 0 radical (unpaired) electrons. The Bertz CT molecular complexity index is 1040. The van der Waals surface area contributed by atoms with Crippen LogP contribution in [0.15, 0.2) is 48.0 Å². The van der Waals surface area contributed by atoms with Gasteiger partial charge in [-0.1, -0.05) is 12.1 Å². The van der Waals surface area contributed by atoms with E-state index in [4.69, 9.17) is 5.73 Å². The van der Waals surface area contributed by atoms with E-state index in [2.05, 4.69) is 20.5 Å². The van der Waals surface area contributed by atoms with Crippen LogP contribution >= 0.6 is 11.3 Å². The Morgan fingerprint density at radius 3 is 2.80 bits per heavy atom. The zero-order valence-electron chi connectivity index (χ0n) is 12.6. The third kappa shape index (κ3) is 2.64. The molecule has 0 aliphatic carbocycles. The van der Waals surface area contributed by atoms with Gasteiger partial charge in [0.15, 0.2) is 17.5 Å². The molecule has 1 aromatic carbocycles. The summed E-state index contributed by atoms with van der Waals surface area (Å²) in [5.41, 5.74) is 7.11. The number of nitrogens with two attached hydrogens (primary N) is 1. The van der Waals surface area contributed by atoms with Crippen LogP contribution in [0.25, 0.3) is 27.5 Å². The Morgan fingerprint density at radius 1 is 1.12 bits per heavy atom. The van der Waals surface area contributed by atoms with Gasteiger partial charge in [-0.3, -0.25) is 0 Å². The van der Waals surface area contributed by atoms with Gasteiger partial charge in [-0.15, -0.1) is 16.4 Å². The highest BCUT2D eigenvalue weighted by atomic mass is 32.1. The summed E-state index contributed by atoms with van der Waals surface area (Å²) in [6.45, 7) is 0. The Morgan fingerprint density at radius 2 is 2.00 bits per heavy atom. The lowest BCUT2D eigenvalue weighted by Gasteiger charge is -2.09. The summed E-state index contributed by atoms with van der Waals surface area (Å²) in [6.07, 6.45) is 1.64. The second-order valence-electron chi connectivity index (χ2n) is 5.12. The molecule has 0 bridgehead atoms. The minimum Gasteiger partial charge on any atom is -0.383 e. The first-order valence-electron chi connectivity index (χ1n) is 7.17. The van der Waals surface area contributed by atoms with E-state index in [9.17, 15) is 8.78 Å². The van der Waals surface area contributed by atoms with Crippen LogP contribution in [0.5, 0.6) is 0 Å². The highest BCUT2D eigenvalue weighted by molar-refractivity contribution is 7.13. The number of benzene rings is 1. The van der Waals surface area contributed by atoms with E-state index < -0.39 is 11.6 Å². The van der Waals surface area contributed by atoms with Gasteiger partial charge in [0.25, 0.3) is 0 Å². The normalized spacial score (nSPS) is 11.0. The fraction of sp³-hybridized carbons (Fsp3) is 0. The molecule has 0 amide bonds. The van der Waals surface area contributed by atoms with Gasteiger partial charge in [0.1, 0.15) is 11.5 Å². The topological polar surface area (TPSA) is 82.5 Å². The van der Waals surface area contributed by atoms with Gasteiger partial charge >= 0.3 is 0 Å². The summed E-state index contributed by atoms with van der Waals surface area (Å²) in [7, 11) is 0. The first-order valence-corrected chi connectivity index (χ1v) is 8.05. The molecule has 0 fully saturated rings. The molecule has 25 heavy (non-hydrogen) atoms. The summed E-state index contributed by atoms with van der Waals surface area (Å²) in [5.74, 6) is -1.67. The van der Waals surface area contributed by atoms with E-state index in [0.717, 1.165) is 21.2 Å². The third-order valence-electron chi connectivity index (χ3n) is 3.59. The first-order chi connectivity index (χ1) is 12.1. The highest BCUT2D eigenvalue weighted by Crippen LogP contribution is 2.31. The average molecular weight is 356 g/mol. The molecule has 124 valence electrons. The van der Waals surface area contributed by atoms with Crippen molar-refractivity contribution >= 4 is 17.2 Å². The molecule has 0 saturated heterocycles. The molecule has 0 saturated carbocycles. The molecule has 2 N–H and O–H groups in total. The molecule has 0 aliphatic heterocycles. The number of nitrogen functional groups attached to an aromatic ring is 1. The van der Waals surface area contributed by atoms with Crippen LogP contribution in [0.3, 0.4) is 0 Å². The molecule has 0 atom stereocenters. The van der Waals surface area contributed by atoms with Crippen LogP contribution in [0.4, 0.5) is 14.6 Å². The predicted molar refractivity (Wildman–Crippen MR) is 90.0 cm³/mol. The Kier molecular flexibility index (Phi) is 3.69. The molecule has 0 unspecified atom stereocenters. The van der Waals surface area contributed by atoms with Crippen LogP contribution in [0.2, 0.25) is 0 Å². The van der Waals surface area contributed by atoms with Crippen molar-refractivity contribution in [3.8, 4) is 27.5 Å². The number of rotatable bonds is 3. The van der Waals surface area contributed by atoms with E-state index in [1.807, 2.05) is 17.5 Å². The average Bonchev–Trinajstić information content (AvgIpc) is 3.29. The molecule has 4 rings (SSSR count). The molecular weight excluding hydrogens is 346 g/mol. The Labute approximate surface area is 144 Å². The Hall–Kier alpha value is -3.20. The monoisotopic (exact) mass is 356 g/mol. The lowest BCUT2D eigenvalue weighted by molar-refractivity contribution is 0.501. The van der Waals surface area contributed by atoms with Crippen molar-refractivity contribution in [1.29, 1.82) is 0 Å². The number of anilines is 1. The smallest absolute Gasteiger partial charge is 0.190 e. The van der Waals surface area contributed by atoms with Crippen LogP contribution in [0.1, 0.15) is 0 Å². The predicted octanol–water partition coefficient (Wildman–Crippen LogP) is 3.31. The van der Waals surface area contributed by atoms with Crippen molar-refractivity contribution in [3.63, 3.8) is 0 Å². The van der Waals surface area contributed by atoms with Crippen molar-refractivity contribution in [1.82, 2.24) is 25.2 Å². The second kappa shape index (κ2) is 6.02. The number of pyridine rings is 1. The minimum absolute atomic E-state index is 0.110. The molecule has 3 heterocycles. The van der Waals surface area contributed by atoms with Gasteiger partial charge in [0.2, 0.25) is 0 Å². The molecule has 0 spiro atoms. The van der Waals surface area contributed by atoms with Gasteiger partial charge in [0.05, 0.1) is 5.56 Å². The third-order valence-corrected chi connectivity index (χ3v) is 4.51. The number of halogens is 2. The van der Waals surface area contributed by atoms with Crippen molar-refractivity contribution in [2.24, 2.45) is 0 Å². The number of tetrazole rings is 1. The van der Waals surface area contributed by atoms with Gasteiger partial charge in [-0.25, -0.2) is 13.8 Å². The maximum Gasteiger partial charge on any atom is 0.190 e. The molecule has 4 aromatic rings. The number of nitrogens with zero attached hydrogens (tertiary/aromatic N) is 5. The minimum atomic E-state index is -1.04. The van der Waals surface area contributed by atoms with Crippen molar-refractivity contribution in [2.45, 2.75) is 0 Å². The fourth-order valence-electron chi connectivity index (χ4n) is 2.41. The molecule has 3 aromatic heterocycles. The molecule has 6 nitrogen and oxygen atoms in total. The van der Waals surface area contributed by atoms with Crippen LogP contribution in [-0.2, 0) is 0 Å². The number of aromatic nitrogens is 5. The van der Waals surface area contributed by atoms with Gasteiger partial charge < -0.3 is 5.73 Å². The van der Waals surface area contributed by atoms with Crippen LogP contribution in [-0.4, -0.2) is 25.2 Å². The highest BCUT2D eigenvalue weighted by Gasteiger charge is 2.19. The maximum absolute atomic E-state index is 14.1. The van der Waals surface area contributed by atoms with Crippen molar-refractivity contribution < 1.29 is 8.78 Å². The second-order valence-corrected chi connectivity index (χ2v) is 6.07.